The van der Waals surface area contributed by atoms with E-state index in [1.165, 1.54) is 12.1 Å². The van der Waals surface area contributed by atoms with Crippen LogP contribution in [-0.2, 0) is 20.0 Å². The molecule has 0 atom stereocenters. The van der Waals surface area contributed by atoms with Gasteiger partial charge in [0.2, 0.25) is 0 Å². The predicted molar refractivity (Wildman–Crippen MR) is 93.0 cm³/mol. The summed E-state index contributed by atoms with van der Waals surface area (Å²) in [6, 6.07) is 7.10. The van der Waals surface area contributed by atoms with Gasteiger partial charge in [0, 0.05) is 6.26 Å². The van der Waals surface area contributed by atoms with Gasteiger partial charge in [-0.25, -0.2) is 8.42 Å². The van der Waals surface area contributed by atoms with Gasteiger partial charge in [0.25, 0.3) is 0 Å². The van der Waals surface area contributed by atoms with Gasteiger partial charge in [-0.3, -0.25) is 0 Å². The van der Waals surface area contributed by atoms with E-state index in [-0.39, 0.29) is 20.6 Å². The van der Waals surface area contributed by atoms with Gasteiger partial charge < -0.3 is 4.18 Å². The molecule has 0 saturated heterocycles. The molecule has 0 bridgehead atoms. The molecule has 0 aliphatic carbocycles. The van der Waals surface area contributed by atoms with E-state index in [2.05, 4.69) is 0 Å². The molecule has 2 aromatic carbocycles. The van der Waals surface area contributed by atoms with Crippen LogP contribution in [0.1, 0.15) is 16.7 Å². The fourth-order valence-corrected chi connectivity index (χ4v) is 4.38. The van der Waals surface area contributed by atoms with Crippen molar-refractivity contribution in [3.05, 3.63) is 52.0 Å². The summed E-state index contributed by atoms with van der Waals surface area (Å²) < 4.78 is 53.8. The lowest BCUT2D eigenvalue weighted by molar-refractivity contribution is 0.482. The molecule has 0 unspecified atom stereocenters. The minimum absolute atomic E-state index is 0.106. The molecule has 0 fully saturated rings. The molecular formula is C16H17ClO5S2. The van der Waals surface area contributed by atoms with E-state index >= 15 is 0 Å². The van der Waals surface area contributed by atoms with Gasteiger partial charge in [-0.2, -0.15) is 8.42 Å². The second-order valence-electron chi connectivity index (χ2n) is 5.56. The van der Waals surface area contributed by atoms with Crippen LogP contribution in [0.5, 0.6) is 5.75 Å². The zero-order valence-electron chi connectivity index (χ0n) is 13.6. The highest BCUT2D eigenvalue weighted by Gasteiger charge is 2.24. The average Bonchev–Trinajstić information content (AvgIpc) is 2.46. The first-order valence-corrected chi connectivity index (χ1v) is 10.6. The molecule has 5 nitrogen and oxygen atoms in total. The zero-order valence-corrected chi connectivity index (χ0v) is 16.0. The summed E-state index contributed by atoms with van der Waals surface area (Å²) in [5.41, 5.74) is 2.22. The van der Waals surface area contributed by atoms with E-state index in [0.717, 1.165) is 17.9 Å². The molecule has 130 valence electrons. The molecule has 0 heterocycles. The van der Waals surface area contributed by atoms with Gasteiger partial charge in [-0.05, 0) is 55.7 Å². The van der Waals surface area contributed by atoms with Crippen LogP contribution in [-0.4, -0.2) is 23.1 Å². The normalized spacial score (nSPS) is 12.2. The monoisotopic (exact) mass is 388 g/mol. The van der Waals surface area contributed by atoms with Crippen LogP contribution in [0.3, 0.4) is 0 Å². The first kappa shape index (κ1) is 18.8. The Morgan fingerprint density at radius 3 is 2.08 bits per heavy atom. The van der Waals surface area contributed by atoms with Crippen molar-refractivity contribution < 1.29 is 21.0 Å². The zero-order chi connectivity index (χ0) is 18.3. The maximum absolute atomic E-state index is 12.6. The summed E-state index contributed by atoms with van der Waals surface area (Å²) in [7, 11) is -7.86. The number of benzene rings is 2. The summed E-state index contributed by atoms with van der Waals surface area (Å²) in [5, 5.41) is -0.106. The number of rotatable bonds is 4. The van der Waals surface area contributed by atoms with Crippen molar-refractivity contribution in [1.29, 1.82) is 0 Å². The highest BCUT2D eigenvalue weighted by molar-refractivity contribution is 7.90. The van der Waals surface area contributed by atoms with E-state index in [1.54, 1.807) is 19.9 Å². The molecule has 0 saturated carbocycles. The van der Waals surface area contributed by atoms with Crippen LogP contribution in [0.2, 0.25) is 5.02 Å². The Balaban J connectivity index is 2.59. The summed E-state index contributed by atoms with van der Waals surface area (Å²) >= 11 is 5.95. The van der Waals surface area contributed by atoms with Gasteiger partial charge in [0.1, 0.15) is 10.6 Å². The highest BCUT2D eigenvalue weighted by atomic mass is 35.5. The van der Waals surface area contributed by atoms with Crippen molar-refractivity contribution in [3.63, 3.8) is 0 Å². The van der Waals surface area contributed by atoms with E-state index in [1.807, 2.05) is 13.0 Å². The maximum atomic E-state index is 12.6. The number of aryl methyl sites for hydroxylation is 2. The Kier molecular flexibility index (Phi) is 4.99. The summed E-state index contributed by atoms with van der Waals surface area (Å²) in [6.45, 7) is 5.32. The number of hydrogen-bond acceptors (Lipinski definition) is 5. The fraction of sp³-hybridized carbons (Fsp3) is 0.250. The topological polar surface area (TPSA) is 77.5 Å². The van der Waals surface area contributed by atoms with Crippen molar-refractivity contribution in [2.45, 2.75) is 30.6 Å². The van der Waals surface area contributed by atoms with Gasteiger partial charge in [0.15, 0.2) is 9.84 Å². The molecular weight excluding hydrogens is 372 g/mol. The summed E-state index contributed by atoms with van der Waals surface area (Å²) in [5.74, 6) is 0.218. The number of sulfone groups is 1. The Morgan fingerprint density at radius 2 is 1.50 bits per heavy atom. The molecule has 0 radical (unpaired) electrons. The van der Waals surface area contributed by atoms with Crippen LogP contribution in [0.4, 0.5) is 0 Å². The lowest BCUT2D eigenvalue weighted by atomic mass is 10.1. The van der Waals surface area contributed by atoms with Gasteiger partial charge in [0.05, 0.1) is 9.92 Å². The molecule has 2 aromatic rings. The Morgan fingerprint density at radius 1 is 0.917 bits per heavy atom. The molecule has 0 aromatic heterocycles. The van der Waals surface area contributed by atoms with Gasteiger partial charge in [-0.1, -0.05) is 23.7 Å². The lowest BCUT2D eigenvalue weighted by Gasteiger charge is -2.14. The van der Waals surface area contributed by atoms with Crippen molar-refractivity contribution in [2.24, 2.45) is 0 Å². The Bertz CT molecular complexity index is 1010. The number of halogens is 1. The van der Waals surface area contributed by atoms with Crippen molar-refractivity contribution in [3.8, 4) is 5.75 Å². The molecule has 0 amide bonds. The molecule has 2 rings (SSSR count). The minimum atomic E-state index is -4.28. The molecule has 0 N–H and O–H groups in total. The van der Waals surface area contributed by atoms with E-state index in [4.69, 9.17) is 15.8 Å². The SMILES string of the molecule is Cc1ccc(C)c(OS(=O)(=O)c2cc(S(C)(=O)=O)ccc2Cl)c1C. The largest absolute Gasteiger partial charge is 0.378 e. The molecule has 24 heavy (non-hydrogen) atoms. The molecule has 0 spiro atoms. The van der Waals surface area contributed by atoms with E-state index < -0.39 is 20.0 Å². The predicted octanol–water partition coefficient (Wildman–Crippen LogP) is 3.44. The standard InChI is InChI=1S/C16H17ClO5S2/c1-10-5-6-11(2)16(12(10)3)22-24(20,21)15-9-13(23(4,18)19)7-8-14(15)17/h5-9H,1-4H3. The average molecular weight is 389 g/mol. The third-order valence-electron chi connectivity index (χ3n) is 3.67. The maximum Gasteiger partial charge on any atom is 0.340 e. The van der Waals surface area contributed by atoms with Gasteiger partial charge >= 0.3 is 10.1 Å². The second kappa shape index (κ2) is 6.38. The first-order valence-electron chi connectivity index (χ1n) is 6.94. The van der Waals surface area contributed by atoms with Crippen molar-refractivity contribution >= 4 is 31.6 Å². The van der Waals surface area contributed by atoms with Crippen LogP contribution in [0, 0.1) is 20.8 Å². The first-order chi connectivity index (χ1) is 10.9. The van der Waals surface area contributed by atoms with Crippen LogP contribution < -0.4 is 4.18 Å². The summed E-state index contributed by atoms with van der Waals surface area (Å²) in [4.78, 5) is -0.529. The lowest BCUT2D eigenvalue weighted by Crippen LogP contribution is -2.13. The van der Waals surface area contributed by atoms with E-state index in [0.29, 0.717) is 11.1 Å². The Labute approximate surface area is 147 Å². The van der Waals surface area contributed by atoms with Crippen molar-refractivity contribution in [2.75, 3.05) is 6.26 Å². The summed E-state index contributed by atoms with van der Waals surface area (Å²) in [6.07, 6.45) is 0.988. The van der Waals surface area contributed by atoms with Crippen molar-refractivity contribution in [1.82, 2.24) is 0 Å². The third kappa shape index (κ3) is 3.74. The minimum Gasteiger partial charge on any atom is -0.378 e. The molecule has 0 aliphatic rings. The van der Waals surface area contributed by atoms with Crippen LogP contribution >= 0.6 is 11.6 Å². The third-order valence-corrected chi connectivity index (χ3v) is 6.48. The molecule has 0 aliphatic heterocycles. The smallest absolute Gasteiger partial charge is 0.340 e. The van der Waals surface area contributed by atoms with Crippen LogP contribution in [0.15, 0.2) is 40.1 Å². The van der Waals surface area contributed by atoms with E-state index in [9.17, 15) is 16.8 Å². The molecule has 8 heteroatoms. The van der Waals surface area contributed by atoms with Crippen LogP contribution in [0.25, 0.3) is 0 Å². The number of hydrogen-bond donors (Lipinski definition) is 0. The second-order valence-corrected chi connectivity index (χ2v) is 9.49. The highest BCUT2D eigenvalue weighted by Crippen LogP contribution is 2.32. The fourth-order valence-electron chi connectivity index (χ4n) is 2.11. The Hall–Kier alpha value is -1.57. The quantitative estimate of drug-likeness (QED) is 0.750. The van der Waals surface area contributed by atoms with Gasteiger partial charge in [-0.15, -0.1) is 0 Å².